The second-order valence-corrected chi connectivity index (χ2v) is 33.3. The maximum Gasteiger partial charge on any atom is 0.490 e. The molecule has 24 nitrogen and oxygen atoms in total. The lowest BCUT2D eigenvalue weighted by molar-refractivity contribution is -0.386. The Kier molecular flexibility index (Phi) is 31.9. The van der Waals surface area contributed by atoms with Crippen LogP contribution in [0.3, 0.4) is 0 Å². The predicted molar refractivity (Wildman–Crippen MR) is 432 cm³/mol. The molecule has 596 valence electrons. The van der Waals surface area contributed by atoms with Crippen LogP contribution in [-0.2, 0) is 23.5 Å². The number of carbonyl (C=O) groups is 3. The maximum atomic E-state index is 12.2. The lowest BCUT2D eigenvalue weighted by Gasteiger charge is -2.32. The number of carbonyl (C=O) groups excluding carboxylic acids is 3. The van der Waals surface area contributed by atoms with Crippen molar-refractivity contribution < 1.29 is 66.7 Å². The summed E-state index contributed by atoms with van der Waals surface area (Å²) < 4.78 is 50.9. The Morgan fingerprint density at radius 2 is 0.778 bits per heavy atom. The average Bonchev–Trinajstić information content (AvgIpc) is 1.59. The van der Waals surface area contributed by atoms with Crippen LogP contribution in [0.5, 0.6) is 23.0 Å². The molecule has 4 N–H and O–H groups in total. The third-order valence-electron chi connectivity index (χ3n) is 17.7. The van der Waals surface area contributed by atoms with Crippen molar-refractivity contribution >= 4 is 76.5 Å². The molecule has 108 heavy (non-hydrogen) atoms. The Hall–Kier alpha value is -8.52. The summed E-state index contributed by atoms with van der Waals surface area (Å²) >= 11 is 5.87. The predicted octanol–water partition coefficient (Wildman–Crippen LogP) is 18.7. The number of nitrogen functional groups attached to an aromatic ring is 2. The highest BCUT2D eigenvalue weighted by molar-refractivity contribution is 6.54. The molecule has 9 rings (SSSR count). The molecular weight excluding hydrogens is 1400 g/mol. The molecule has 0 spiro atoms. The van der Waals surface area contributed by atoms with Crippen molar-refractivity contribution in [2.75, 3.05) is 70.9 Å². The lowest BCUT2D eigenvalue weighted by atomic mass is 9.75. The number of benzene rings is 4. The number of likely N-dealkylation sites (N-methyl/N-ethyl adjacent to an activating group) is 1. The molecule has 3 amide bonds. The van der Waals surface area contributed by atoms with Crippen molar-refractivity contribution in [3.63, 3.8) is 0 Å². The molecule has 0 aliphatic carbocycles. The SMILES string of the molecule is CC(C)(C)OC(=O)N1CC=C(B2OC(C)(C)C(C)(C)O2)CC1.Cc1cc(N)c(OC(C)C)cc1C1=CCN(C(=O)OC(C)(C)C)CC1.Cc1cc(N)c(OC(C)C)cc1C1=CCN(C)CC1.Cc1cc([N+](=O)[O-])c(OC(C)C)cc1C1=CCN(C(=O)OC(C)(C)C)CC1.Cc1cc([N+](=O)[O-])c(OC(C)C)cc1Cl. The zero-order valence-corrected chi connectivity index (χ0v) is 69.8. The van der Waals surface area contributed by atoms with Gasteiger partial charge in [-0.25, -0.2) is 14.4 Å². The molecule has 5 aliphatic heterocycles. The monoisotopic (exact) mass is 1520 g/mol. The minimum absolute atomic E-state index is 0.0308. The minimum Gasteiger partial charge on any atom is -0.489 e. The summed E-state index contributed by atoms with van der Waals surface area (Å²) in [4.78, 5) is 65.0. The number of rotatable bonds is 14. The van der Waals surface area contributed by atoms with Gasteiger partial charge in [-0.1, -0.05) is 35.9 Å². The van der Waals surface area contributed by atoms with E-state index in [1.54, 1.807) is 47.6 Å². The molecule has 5 heterocycles. The van der Waals surface area contributed by atoms with E-state index in [-0.39, 0.29) is 83.9 Å². The number of hydrogen-bond donors (Lipinski definition) is 2. The Morgan fingerprint density at radius 1 is 0.472 bits per heavy atom. The van der Waals surface area contributed by atoms with Gasteiger partial charge < -0.3 is 73.5 Å². The van der Waals surface area contributed by atoms with Gasteiger partial charge in [0.15, 0.2) is 11.5 Å². The van der Waals surface area contributed by atoms with Crippen molar-refractivity contribution in [2.24, 2.45) is 0 Å². The number of nitrogens with two attached hydrogens (primary N) is 2. The van der Waals surface area contributed by atoms with Gasteiger partial charge in [-0.3, -0.25) is 20.2 Å². The van der Waals surface area contributed by atoms with Gasteiger partial charge >= 0.3 is 36.8 Å². The van der Waals surface area contributed by atoms with E-state index in [9.17, 15) is 34.6 Å². The highest BCUT2D eigenvalue weighted by Gasteiger charge is 2.52. The van der Waals surface area contributed by atoms with Crippen LogP contribution in [0.15, 0.2) is 78.3 Å². The molecule has 0 aromatic heterocycles. The van der Waals surface area contributed by atoms with E-state index in [0.717, 1.165) is 77.1 Å². The van der Waals surface area contributed by atoms with E-state index in [1.165, 1.54) is 34.4 Å². The molecule has 5 aliphatic rings. The Morgan fingerprint density at radius 3 is 1.08 bits per heavy atom. The minimum atomic E-state index is -0.529. The van der Waals surface area contributed by atoms with E-state index in [4.69, 9.17) is 65.5 Å². The first-order valence-electron chi connectivity index (χ1n) is 37.3. The molecule has 0 radical (unpaired) electrons. The third-order valence-corrected chi connectivity index (χ3v) is 18.1. The Balaban J connectivity index is 0.000000245. The lowest BCUT2D eigenvalue weighted by Crippen LogP contribution is -2.41. The number of halogens is 1. The second kappa shape index (κ2) is 38.2. The summed E-state index contributed by atoms with van der Waals surface area (Å²) in [5, 5.41) is 22.5. The number of amides is 3. The van der Waals surface area contributed by atoms with E-state index in [1.807, 2.05) is 176 Å². The van der Waals surface area contributed by atoms with Gasteiger partial charge in [0.25, 0.3) is 0 Å². The number of aryl methyl sites for hydroxylation is 4. The van der Waals surface area contributed by atoms with E-state index in [0.29, 0.717) is 67.7 Å². The first kappa shape index (κ1) is 90.1. The van der Waals surface area contributed by atoms with Gasteiger partial charge in [-0.05, 0) is 297 Å². The van der Waals surface area contributed by atoms with Crippen LogP contribution < -0.4 is 30.4 Å². The zero-order chi connectivity index (χ0) is 81.5. The van der Waals surface area contributed by atoms with Gasteiger partial charge in [0.05, 0.1) is 56.8 Å². The first-order valence-corrected chi connectivity index (χ1v) is 37.7. The summed E-state index contributed by atoms with van der Waals surface area (Å²) in [5.41, 5.74) is 23.2. The second-order valence-electron chi connectivity index (χ2n) is 32.9. The number of nitrogens with zero attached hydrogens (tertiary/aromatic N) is 6. The van der Waals surface area contributed by atoms with Gasteiger partial charge in [0.1, 0.15) is 28.3 Å². The first-order chi connectivity index (χ1) is 49.8. The Labute approximate surface area is 647 Å². The molecule has 4 aromatic rings. The molecule has 0 atom stereocenters. The normalized spacial score (nSPS) is 16.5. The average molecular weight is 1520 g/mol. The van der Waals surface area contributed by atoms with Crippen molar-refractivity contribution in [3.8, 4) is 23.0 Å². The molecule has 26 heteroatoms. The fourth-order valence-electron chi connectivity index (χ4n) is 11.7. The summed E-state index contributed by atoms with van der Waals surface area (Å²) in [6.45, 7) is 53.4. The van der Waals surface area contributed by atoms with E-state index < -0.39 is 26.6 Å². The molecule has 4 aromatic carbocycles. The van der Waals surface area contributed by atoms with Crippen LogP contribution in [-0.4, -0.2) is 167 Å². The Bertz CT molecular complexity index is 3940. The largest absolute Gasteiger partial charge is 0.490 e. The molecule has 0 saturated carbocycles. The van der Waals surface area contributed by atoms with Crippen molar-refractivity contribution in [3.05, 3.63) is 143 Å². The smallest absolute Gasteiger partial charge is 0.489 e. The van der Waals surface area contributed by atoms with Crippen molar-refractivity contribution in [2.45, 2.75) is 251 Å². The standard InChI is InChI=1S/C20H28N2O5.C20H30N2O3.C16H28BNO4.C16H24N2O.C10H12ClNO3/c1-13(2)26-18-12-16(14(3)11-17(18)22(24)25)15-7-9-21(10-8-15)19(23)27-20(4,5)6;1-13(2)24-18-12-16(14(3)11-17(18)21)15-7-9-22(10-8-15)19(23)25-20(4,5)6;1-14(2,3)20-13(19)18-10-8-12(9-11-18)17-21-15(4,5)16(6,7)22-17;1-11(2)19-16-10-14(12(3)9-15(16)17)13-5-7-18(4)8-6-13;1-6(2)15-10-5-8(11)7(3)4-9(10)12(13)14/h7,11-13H,8-10H2,1-6H3;7,11-13H,8-10,21H2,1-6H3;8H,9-11H2,1-7H3;5,9-11H,6-8,17H2,1-4H3;4-6H,1-3H3. The molecule has 1 saturated heterocycles. The topological polar surface area (TPSA) is 286 Å². The van der Waals surface area contributed by atoms with E-state index in [2.05, 4.69) is 37.1 Å². The number of hydrogen-bond acceptors (Lipinski definition) is 19. The number of nitro groups is 2. The van der Waals surface area contributed by atoms with Crippen LogP contribution in [0.25, 0.3) is 16.7 Å². The molecular formula is C82H122BClN8O16. The van der Waals surface area contributed by atoms with Crippen LogP contribution >= 0.6 is 11.6 Å². The molecule has 0 bridgehead atoms. The maximum absolute atomic E-state index is 12.2. The van der Waals surface area contributed by atoms with E-state index >= 15 is 0 Å². The van der Waals surface area contributed by atoms with Crippen LogP contribution in [0.2, 0.25) is 5.02 Å². The van der Waals surface area contributed by atoms with Crippen molar-refractivity contribution in [1.29, 1.82) is 0 Å². The van der Waals surface area contributed by atoms with Gasteiger partial charge in [-0.15, -0.1) is 0 Å². The third kappa shape index (κ3) is 27.6. The highest BCUT2D eigenvalue weighted by atomic mass is 35.5. The fraction of sp³-hybridized carbons (Fsp3) is 0.573. The number of ether oxygens (including phenoxy) is 7. The summed E-state index contributed by atoms with van der Waals surface area (Å²) in [6, 6.07) is 14.3. The van der Waals surface area contributed by atoms with Gasteiger partial charge in [0.2, 0.25) is 0 Å². The fourth-order valence-corrected chi connectivity index (χ4v) is 11.8. The molecule has 1 fully saturated rings. The summed E-state index contributed by atoms with van der Waals surface area (Å²) in [6.07, 6.45) is 10.7. The quantitative estimate of drug-likeness (QED) is 0.0390. The van der Waals surface area contributed by atoms with Crippen LogP contribution in [0, 0.1) is 47.9 Å². The number of anilines is 2. The molecule has 0 unspecified atom stereocenters. The summed E-state index contributed by atoms with van der Waals surface area (Å²) in [5.74, 6) is 2.00. The zero-order valence-electron chi connectivity index (χ0n) is 69.0. The highest BCUT2D eigenvalue weighted by Crippen LogP contribution is 2.42. The van der Waals surface area contributed by atoms with Crippen LogP contribution in [0.4, 0.5) is 37.1 Å². The number of nitro benzene ring substituents is 2. The van der Waals surface area contributed by atoms with Gasteiger partial charge in [0, 0.05) is 75.6 Å². The van der Waals surface area contributed by atoms with Crippen molar-refractivity contribution in [1.82, 2.24) is 19.6 Å². The summed E-state index contributed by atoms with van der Waals surface area (Å²) in [7, 11) is 1.84. The van der Waals surface area contributed by atoms with Crippen LogP contribution in [0.1, 0.15) is 210 Å². The van der Waals surface area contributed by atoms with Gasteiger partial charge in [-0.2, -0.15) is 0 Å².